The lowest BCUT2D eigenvalue weighted by atomic mass is 10.00. The Morgan fingerprint density at radius 2 is 2.07 bits per heavy atom. The van der Waals surface area contributed by atoms with E-state index < -0.39 is 5.41 Å². The molecule has 15 heavy (non-hydrogen) atoms. The van der Waals surface area contributed by atoms with Gasteiger partial charge in [-0.3, -0.25) is 0 Å². The Hall–Kier alpha value is -1.14. The van der Waals surface area contributed by atoms with Gasteiger partial charge in [0.2, 0.25) is 5.41 Å². The Morgan fingerprint density at radius 1 is 1.47 bits per heavy atom. The van der Waals surface area contributed by atoms with E-state index >= 15 is 0 Å². The molecule has 80 valence electrons. The molecule has 0 fully saturated rings. The van der Waals surface area contributed by atoms with Gasteiger partial charge in [0.1, 0.15) is 0 Å². The highest BCUT2D eigenvalue weighted by molar-refractivity contribution is 7.38. The molecule has 0 aliphatic rings. The Balaban J connectivity index is 3.41. The minimum atomic E-state index is -1.74. The van der Waals surface area contributed by atoms with Crippen LogP contribution in [0.4, 0.5) is 4.39 Å². The van der Waals surface area contributed by atoms with Crippen LogP contribution in [0, 0.1) is 13.8 Å². The molecule has 1 atom stereocenters. The summed E-state index contributed by atoms with van der Waals surface area (Å²) in [4.78, 5) is 0. The molecular weight excluding hydrogens is 208 g/mol. The van der Waals surface area contributed by atoms with E-state index in [1.165, 1.54) is 0 Å². The zero-order chi connectivity index (χ0) is 11.6. The third-order valence-corrected chi connectivity index (χ3v) is 3.36. The molecule has 3 heteroatoms. The molecule has 0 saturated carbocycles. The lowest BCUT2D eigenvalue weighted by Gasteiger charge is -2.23. The summed E-state index contributed by atoms with van der Waals surface area (Å²) in [6, 6.07) is 5.62. The van der Waals surface area contributed by atoms with Gasteiger partial charge in [0.05, 0.1) is 5.70 Å². The summed E-state index contributed by atoms with van der Waals surface area (Å²) in [6.45, 7) is 7.28. The molecule has 0 aliphatic carbocycles. The minimum absolute atomic E-state index is 0.00728. The van der Waals surface area contributed by atoms with Gasteiger partial charge < -0.3 is 5.73 Å². The van der Waals surface area contributed by atoms with Crippen molar-refractivity contribution in [1.82, 2.24) is 0 Å². The maximum absolute atomic E-state index is 14.5. The lowest BCUT2D eigenvalue weighted by molar-refractivity contribution is 0.341. The molecule has 0 heterocycles. The first kappa shape index (κ1) is 11.9. The highest BCUT2D eigenvalue weighted by Gasteiger charge is 2.32. The van der Waals surface area contributed by atoms with Gasteiger partial charge in [-0.15, -0.1) is 0 Å². The van der Waals surface area contributed by atoms with E-state index in [9.17, 15) is 4.39 Å². The standard InChI is InChI=1S/C12H15FNP/c1-8-5-6-9(2)11(7-8)12(13,15-4)10(3)14/h5-7H,3-4,14H2,1-2H3. The highest BCUT2D eigenvalue weighted by Crippen LogP contribution is 2.42. The summed E-state index contributed by atoms with van der Waals surface area (Å²) in [7, 11) is 0.313. The molecule has 0 amide bonds. The number of allylic oxidation sites excluding steroid dienone is 1. The van der Waals surface area contributed by atoms with Gasteiger partial charge in [-0.05, 0) is 19.4 Å². The van der Waals surface area contributed by atoms with Crippen LogP contribution < -0.4 is 5.73 Å². The molecule has 0 saturated heterocycles. The predicted octanol–water partition coefficient (Wildman–Crippen LogP) is 3.28. The molecule has 1 nitrogen and oxygen atoms in total. The van der Waals surface area contributed by atoms with Crippen molar-refractivity contribution in [2.24, 2.45) is 5.73 Å². The molecule has 0 bridgehead atoms. The van der Waals surface area contributed by atoms with Crippen LogP contribution in [0.1, 0.15) is 16.7 Å². The van der Waals surface area contributed by atoms with Crippen molar-refractivity contribution in [3.8, 4) is 0 Å². The molecule has 0 aliphatic heterocycles. The van der Waals surface area contributed by atoms with Crippen molar-refractivity contribution < 1.29 is 4.39 Å². The van der Waals surface area contributed by atoms with Crippen molar-refractivity contribution in [2.75, 3.05) is 0 Å². The van der Waals surface area contributed by atoms with Crippen LogP contribution in [0.15, 0.2) is 30.5 Å². The second-order valence-corrected chi connectivity index (χ2v) is 4.56. The second-order valence-electron chi connectivity index (χ2n) is 3.62. The monoisotopic (exact) mass is 223 g/mol. The van der Waals surface area contributed by atoms with E-state index in [0.29, 0.717) is 13.8 Å². The molecule has 1 aromatic rings. The average molecular weight is 223 g/mol. The van der Waals surface area contributed by atoms with Crippen molar-refractivity contribution in [3.05, 3.63) is 47.2 Å². The summed E-state index contributed by atoms with van der Waals surface area (Å²) >= 11 is 0. The molecule has 1 unspecified atom stereocenters. The number of aryl methyl sites for hydroxylation is 2. The first-order valence-corrected chi connectivity index (χ1v) is 5.69. The van der Waals surface area contributed by atoms with E-state index in [1.807, 2.05) is 26.0 Å². The number of nitrogens with two attached hydrogens (primary N) is 1. The maximum Gasteiger partial charge on any atom is 0.214 e. The van der Waals surface area contributed by atoms with Crippen molar-refractivity contribution in [3.63, 3.8) is 0 Å². The zero-order valence-corrected chi connectivity index (χ0v) is 9.94. The summed E-state index contributed by atoms with van der Waals surface area (Å²) < 4.78 is 14.5. The van der Waals surface area contributed by atoms with Crippen LogP contribution in [0.5, 0.6) is 0 Å². The van der Waals surface area contributed by atoms with Gasteiger partial charge in [-0.2, -0.15) is 0 Å². The largest absolute Gasteiger partial charge is 0.399 e. The predicted molar refractivity (Wildman–Crippen MR) is 66.1 cm³/mol. The van der Waals surface area contributed by atoms with Crippen molar-refractivity contribution >= 4 is 14.5 Å². The number of rotatable bonds is 3. The van der Waals surface area contributed by atoms with Gasteiger partial charge in [0, 0.05) is 5.56 Å². The number of hydrogen-bond acceptors (Lipinski definition) is 1. The normalized spacial score (nSPS) is 14.9. The maximum atomic E-state index is 14.5. The quantitative estimate of drug-likeness (QED) is 0.782. The third-order valence-electron chi connectivity index (χ3n) is 2.39. The van der Waals surface area contributed by atoms with Crippen LogP contribution in [-0.2, 0) is 5.41 Å². The van der Waals surface area contributed by atoms with Crippen LogP contribution in [0.2, 0.25) is 0 Å². The van der Waals surface area contributed by atoms with Crippen molar-refractivity contribution in [1.29, 1.82) is 0 Å². The van der Waals surface area contributed by atoms with Crippen LogP contribution in [0.3, 0.4) is 0 Å². The first-order chi connectivity index (χ1) is 6.91. The van der Waals surface area contributed by atoms with Crippen molar-refractivity contribution in [2.45, 2.75) is 19.3 Å². The Bertz CT molecular complexity index is 414. The number of alkyl halides is 1. The summed E-state index contributed by atoms with van der Waals surface area (Å²) in [6.07, 6.45) is 3.58. The number of halogens is 1. The molecule has 0 radical (unpaired) electrons. The number of hydrogen-bond donors (Lipinski definition) is 1. The molecule has 0 aromatic heterocycles. The fourth-order valence-corrected chi connectivity index (χ4v) is 2.07. The summed E-state index contributed by atoms with van der Waals surface area (Å²) in [5, 5.41) is -1.74. The Kier molecular flexibility index (Phi) is 3.31. The Morgan fingerprint density at radius 3 is 2.53 bits per heavy atom. The average Bonchev–Trinajstić information content (AvgIpc) is 2.20. The summed E-state index contributed by atoms with van der Waals surface area (Å²) in [5.74, 6) is 0. The topological polar surface area (TPSA) is 26.0 Å². The van der Waals surface area contributed by atoms with E-state index in [0.717, 1.165) is 11.1 Å². The number of benzene rings is 1. The van der Waals surface area contributed by atoms with E-state index in [-0.39, 0.29) is 5.70 Å². The van der Waals surface area contributed by atoms with E-state index in [2.05, 4.69) is 12.9 Å². The van der Waals surface area contributed by atoms with Gasteiger partial charge >= 0.3 is 0 Å². The lowest BCUT2D eigenvalue weighted by Crippen LogP contribution is -2.22. The first-order valence-electron chi connectivity index (χ1n) is 4.61. The fraction of sp³-hybridized carbons (Fsp3) is 0.250. The van der Waals surface area contributed by atoms with Gasteiger partial charge in [0.15, 0.2) is 0 Å². The van der Waals surface area contributed by atoms with Crippen LogP contribution in [-0.4, -0.2) is 6.30 Å². The molecular formula is C12H15FNP. The van der Waals surface area contributed by atoms with Gasteiger partial charge in [0.25, 0.3) is 0 Å². The van der Waals surface area contributed by atoms with E-state index in [1.54, 1.807) is 6.07 Å². The SMILES string of the molecule is C=PC(F)(C(=C)N)c1cc(C)ccc1C. The zero-order valence-electron chi connectivity index (χ0n) is 9.05. The van der Waals surface area contributed by atoms with Crippen LogP contribution in [0.25, 0.3) is 0 Å². The van der Waals surface area contributed by atoms with Gasteiger partial charge in [-0.1, -0.05) is 44.8 Å². The second kappa shape index (κ2) is 4.16. The highest BCUT2D eigenvalue weighted by atomic mass is 31.1. The smallest absolute Gasteiger partial charge is 0.214 e. The van der Waals surface area contributed by atoms with E-state index in [4.69, 9.17) is 5.73 Å². The molecule has 1 rings (SSSR count). The molecule has 0 spiro atoms. The van der Waals surface area contributed by atoms with Gasteiger partial charge in [-0.25, -0.2) is 4.39 Å². The molecule has 1 aromatic carbocycles. The fourth-order valence-electron chi connectivity index (χ4n) is 1.45. The minimum Gasteiger partial charge on any atom is -0.399 e. The van der Waals surface area contributed by atoms with Crippen LogP contribution >= 0.6 is 8.20 Å². The third kappa shape index (κ3) is 2.10. The summed E-state index contributed by atoms with van der Waals surface area (Å²) in [5.41, 5.74) is 7.95. The molecule has 2 N–H and O–H groups in total. The Labute approximate surface area is 91.6 Å².